The first-order chi connectivity index (χ1) is 22.6. The second-order valence-corrected chi connectivity index (χ2v) is 14.7. The van der Waals surface area contributed by atoms with Crippen LogP contribution in [0.5, 0.6) is 0 Å². The van der Waals surface area contributed by atoms with Crippen molar-refractivity contribution in [1.29, 1.82) is 0 Å². The Morgan fingerprint density at radius 2 is 0.979 bits per heavy atom. The summed E-state index contributed by atoms with van der Waals surface area (Å²) in [5.74, 6) is 0. The molecule has 1 heterocycles. The van der Waals surface area contributed by atoms with E-state index in [9.17, 15) is 0 Å². The van der Waals surface area contributed by atoms with Gasteiger partial charge in [0.05, 0.1) is 5.69 Å². The van der Waals surface area contributed by atoms with Gasteiger partial charge in [-0.3, -0.25) is 0 Å². The fourth-order valence-corrected chi connectivity index (χ4v) is 7.89. The molecule has 2 nitrogen and oxygen atoms in total. The normalized spacial score (nSPS) is 16.0. The van der Waals surface area contributed by atoms with E-state index in [1.807, 2.05) is 12.1 Å². The van der Waals surface area contributed by atoms with E-state index in [-0.39, 0.29) is 16.2 Å². The average molecular weight is 612 g/mol. The fourth-order valence-electron chi connectivity index (χ4n) is 7.89. The zero-order valence-corrected chi connectivity index (χ0v) is 28.1. The monoisotopic (exact) mass is 611 g/mol. The van der Waals surface area contributed by atoms with Crippen LogP contribution in [-0.2, 0) is 10.8 Å². The maximum Gasteiger partial charge on any atom is 0.159 e. The van der Waals surface area contributed by atoms with E-state index in [0.717, 1.165) is 39.0 Å². The standard InChI is InChI=1S/C45H41NO/c1-43(2)38-28-36(30-16-9-7-10-17-30)37(29-39(38)44(3,4)45(43,5)6)31-24-26-33(27-25-31)46(32-18-11-8-12-19-32)40-22-15-21-35-34-20-13-14-23-41(34)47-42(35)40/h7-29H,1-6H3. The van der Waals surface area contributed by atoms with Crippen LogP contribution in [0.4, 0.5) is 17.1 Å². The summed E-state index contributed by atoms with van der Waals surface area (Å²) in [6.07, 6.45) is 0. The van der Waals surface area contributed by atoms with Crippen molar-refractivity contribution < 1.29 is 4.42 Å². The van der Waals surface area contributed by atoms with Crippen LogP contribution in [-0.4, -0.2) is 0 Å². The fraction of sp³-hybridized carbons (Fsp3) is 0.200. The average Bonchev–Trinajstić information content (AvgIpc) is 3.52. The number of benzene rings is 6. The smallest absolute Gasteiger partial charge is 0.159 e. The van der Waals surface area contributed by atoms with Crippen LogP contribution in [0, 0.1) is 5.41 Å². The maximum atomic E-state index is 6.52. The first-order valence-corrected chi connectivity index (χ1v) is 16.7. The van der Waals surface area contributed by atoms with Gasteiger partial charge >= 0.3 is 0 Å². The lowest BCUT2D eigenvalue weighted by molar-refractivity contribution is 0.125. The van der Waals surface area contributed by atoms with E-state index < -0.39 is 0 Å². The second-order valence-electron chi connectivity index (χ2n) is 14.7. The summed E-state index contributed by atoms with van der Waals surface area (Å²) in [7, 11) is 0. The van der Waals surface area contributed by atoms with E-state index in [4.69, 9.17) is 4.42 Å². The molecule has 6 aromatic carbocycles. The molecule has 0 unspecified atom stereocenters. The minimum absolute atomic E-state index is 0.0190. The molecule has 232 valence electrons. The zero-order chi connectivity index (χ0) is 32.6. The molecule has 1 aliphatic rings. The second kappa shape index (κ2) is 10.5. The largest absolute Gasteiger partial charge is 0.454 e. The molecule has 0 amide bonds. The van der Waals surface area contributed by atoms with Gasteiger partial charge in [-0.05, 0) is 98.2 Å². The van der Waals surface area contributed by atoms with Crippen molar-refractivity contribution in [1.82, 2.24) is 0 Å². The van der Waals surface area contributed by atoms with Gasteiger partial charge in [0.2, 0.25) is 0 Å². The Labute approximate surface area is 278 Å². The molecule has 0 saturated heterocycles. The molecule has 1 aliphatic carbocycles. The number of para-hydroxylation sites is 3. The van der Waals surface area contributed by atoms with Crippen LogP contribution in [0.2, 0.25) is 0 Å². The van der Waals surface area contributed by atoms with E-state index in [2.05, 4.69) is 174 Å². The van der Waals surface area contributed by atoms with Crippen LogP contribution in [0.3, 0.4) is 0 Å². The number of rotatable bonds is 5. The van der Waals surface area contributed by atoms with Crippen LogP contribution >= 0.6 is 0 Å². The number of nitrogens with zero attached hydrogens (tertiary/aromatic N) is 1. The SMILES string of the molecule is CC1(C)c2cc(-c3ccccc3)c(-c3ccc(N(c4ccccc4)c4cccc5c4oc4ccccc45)cc3)cc2C(C)(C)C1(C)C. The summed E-state index contributed by atoms with van der Waals surface area (Å²) in [5, 5.41) is 2.25. The van der Waals surface area contributed by atoms with Crippen molar-refractivity contribution in [3.63, 3.8) is 0 Å². The molecular weight excluding hydrogens is 571 g/mol. The Kier molecular flexibility index (Phi) is 6.53. The van der Waals surface area contributed by atoms with Gasteiger partial charge in [0.25, 0.3) is 0 Å². The van der Waals surface area contributed by atoms with Crippen molar-refractivity contribution in [3.8, 4) is 22.3 Å². The van der Waals surface area contributed by atoms with Crippen LogP contribution < -0.4 is 4.90 Å². The highest BCUT2D eigenvalue weighted by Crippen LogP contribution is 2.62. The number of hydrogen-bond acceptors (Lipinski definition) is 2. The van der Waals surface area contributed by atoms with E-state index >= 15 is 0 Å². The van der Waals surface area contributed by atoms with Crippen molar-refractivity contribution in [2.24, 2.45) is 5.41 Å². The van der Waals surface area contributed by atoms with Gasteiger partial charge < -0.3 is 9.32 Å². The molecule has 0 saturated carbocycles. The molecule has 7 aromatic rings. The third-order valence-corrected chi connectivity index (χ3v) is 11.8. The van der Waals surface area contributed by atoms with Gasteiger partial charge in [0.15, 0.2) is 5.58 Å². The van der Waals surface area contributed by atoms with Crippen LogP contribution in [0.1, 0.15) is 52.7 Å². The Bertz CT molecular complexity index is 2250. The van der Waals surface area contributed by atoms with Crippen LogP contribution in [0.25, 0.3) is 44.2 Å². The summed E-state index contributed by atoms with van der Waals surface area (Å²) in [4.78, 5) is 2.31. The zero-order valence-electron chi connectivity index (χ0n) is 28.1. The Balaban J connectivity index is 1.31. The third kappa shape index (κ3) is 4.31. The highest BCUT2D eigenvalue weighted by Gasteiger charge is 2.57. The van der Waals surface area contributed by atoms with Crippen LogP contribution in [0.15, 0.2) is 144 Å². The molecule has 1 aromatic heterocycles. The van der Waals surface area contributed by atoms with Gasteiger partial charge in [0.1, 0.15) is 5.58 Å². The Hall–Kier alpha value is -5.08. The van der Waals surface area contributed by atoms with Crippen molar-refractivity contribution >= 4 is 39.0 Å². The van der Waals surface area contributed by atoms with Gasteiger partial charge in [-0.1, -0.05) is 133 Å². The lowest BCUT2D eigenvalue weighted by Gasteiger charge is -2.44. The van der Waals surface area contributed by atoms with Crippen molar-refractivity contribution in [2.75, 3.05) is 4.90 Å². The van der Waals surface area contributed by atoms with Gasteiger partial charge in [-0.2, -0.15) is 0 Å². The quantitative estimate of drug-likeness (QED) is 0.192. The minimum Gasteiger partial charge on any atom is -0.454 e. The first-order valence-electron chi connectivity index (χ1n) is 16.7. The Morgan fingerprint density at radius 3 is 1.62 bits per heavy atom. The van der Waals surface area contributed by atoms with Gasteiger partial charge in [-0.25, -0.2) is 0 Å². The van der Waals surface area contributed by atoms with Crippen molar-refractivity contribution in [3.05, 3.63) is 151 Å². The summed E-state index contributed by atoms with van der Waals surface area (Å²) in [6.45, 7) is 14.6. The van der Waals surface area contributed by atoms with E-state index in [0.29, 0.717) is 0 Å². The predicted molar refractivity (Wildman–Crippen MR) is 199 cm³/mol. The van der Waals surface area contributed by atoms with E-state index in [1.54, 1.807) is 0 Å². The summed E-state index contributed by atoms with van der Waals surface area (Å²) >= 11 is 0. The molecule has 0 aliphatic heterocycles. The number of hydrogen-bond donors (Lipinski definition) is 0. The number of furan rings is 1. The summed E-state index contributed by atoms with van der Waals surface area (Å²) < 4.78 is 6.52. The lowest BCUT2D eigenvalue weighted by Crippen LogP contribution is -2.42. The van der Waals surface area contributed by atoms with Gasteiger partial charge in [0, 0.05) is 22.1 Å². The third-order valence-electron chi connectivity index (χ3n) is 11.8. The van der Waals surface area contributed by atoms with Crippen molar-refractivity contribution in [2.45, 2.75) is 52.4 Å². The molecule has 0 N–H and O–H groups in total. The predicted octanol–water partition coefficient (Wildman–Crippen LogP) is 13.0. The molecule has 0 fully saturated rings. The molecule has 0 atom stereocenters. The molecule has 8 rings (SSSR count). The lowest BCUT2D eigenvalue weighted by atomic mass is 9.59. The highest BCUT2D eigenvalue weighted by molar-refractivity contribution is 6.10. The molecule has 0 radical (unpaired) electrons. The van der Waals surface area contributed by atoms with Gasteiger partial charge in [-0.15, -0.1) is 0 Å². The highest BCUT2D eigenvalue weighted by atomic mass is 16.3. The molecule has 0 spiro atoms. The van der Waals surface area contributed by atoms with E-state index in [1.165, 1.54) is 33.4 Å². The maximum absolute atomic E-state index is 6.52. The summed E-state index contributed by atoms with van der Waals surface area (Å²) in [6, 6.07) is 50.2. The topological polar surface area (TPSA) is 16.4 Å². The first kappa shape index (κ1) is 29.3. The molecule has 0 bridgehead atoms. The molecular formula is C45H41NO. The molecule has 47 heavy (non-hydrogen) atoms. The minimum atomic E-state index is 0.0190. The summed E-state index contributed by atoms with van der Waals surface area (Å²) in [5.41, 5.74) is 13.0. The number of anilines is 3. The molecule has 2 heteroatoms. The number of fused-ring (bicyclic) bond motifs is 4. The Morgan fingerprint density at radius 1 is 0.468 bits per heavy atom.